The summed E-state index contributed by atoms with van der Waals surface area (Å²) in [5.74, 6) is 0.0231. The van der Waals surface area contributed by atoms with Crippen molar-refractivity contribution in [3.05, 3.63) is 94.6 Å². The minimum Gasteiger partial charge on any atom is -0.507 e. The van der Waals surface area contributed by atoms with Gasteiger partial charge in [-0.3, -0.25) is 14.5 Å². The molecule has 0 aromatic heterocycles. The number of morpholine rings is 1. The van der Waals surface area contributed by atoms with Crippen molar-refractivity contribution < 1.29 is 33.6 Å². The topological polar surface area (TPSA) is 97.8 Å². The van der Waals surface area contributed by atoms with Crippen LogP contribution in [0.5, 0.6) is 17.2 Å². The van der Waals surface area contributed by atoms with Gasteiger partial charge >= 0.3 is 0 Å². The molecular formula is C34H38N2O7. The average molecular weight is 587 g/mol. The van der Waals surface area contributed by atoms with E-state index in [4.69, 9.17) is 18.9 Å². The van der Waals surface area contributed by atoms with Crippen LogP contribution < -0.4 is 14.2 Å². The Morgan fingerprint density at radius 1 is 0.930 bits per heavy atom. The number of rotatable bonds is 11. The number of benzene rings is 3. The van der Waals surface area contributed by atoms with Crippen molar-refractivity contribution in [2.75, 3.05) is 53.6 Å². The molecule has 0 bridgehead atoms. The zero-order chi connectivity index (χ0) is 30.3. The lowest BCUT2D eigenvalue weighted by atomic mass is 9.95. The molecule has 2 heterocycles. The second-order valence-corrected chi connectivity index (χ2v) is 10.7. The van der Waals surface area contributed by atoms with Gasteiger partial charge in [0.1, 0.15) is 18.1 Å². The van der Waals surface area contributed by atoms with Crippen molar-refractivity contribution in [1.29, 1.82) is 0 Å². The number of aryl methyl sites for hydroxylation is 1. The maximum atomic E-state index is 13.5. The van der Waals surface area contributed by atoms with Gasteiger partial charge in [0.05, 0.1) is 39.0 Å². The predicted molar refractivity (Wildman–Crippen MR) is 162 cm³/mol. The Balaban J connectivity index is 1.43. The molecule has 226 valence electrons. The molecule has 5 rings (SSSR count). The van der Waals surface area contributed by atoms with Crippen LogP contribution in [-0.4, -0.2) is 80.2 Å². The molecule has 0 saturated carbocycles. The van der Waals surface area contributed by atoms with Crippen molar-refractivity contribution in [2.24, 2.45) is 0 Å². The predicted octanol–water partition coefficient (Wildman–Crippen LogP) is 4.74. The van der Waals surface area contributed by atoms with E-state index in [1.807, 2.05) is 31.2 Å². The average Bonchev–Trinajstić information content (AvgIpc) is 3.29. The van der Waals surface area contributed by atoms with E-state index in [-0.39, 0.29) is 11.3 Å². The SMILES string of the molecule is COc1ccc(C2C(=C(O)c3ccc(OCc4ccccc4C)cc3)C(=O)C(=O)N2CCCN2CCOCC2)cc1OC. The number of amides is 1. The van der Waals surface area contributed by atoms with Crippen molar-refractivity contribution in [3.63, 3.8) is 0 Å². The van der Waals surface area contributed by atoms with Gasteiger partial charge < -0.3 is 29.0 Å². The van der Waals surface area contributed by atoms with Crippen molar-refractivity contribution in [3.8, 4) is 17.2 Å². The van der Waals surface area contributed by atoms with E-state index in [9.17, 15) is 14.7 Å². The lowest BCUT2D eigenvalue weighted by Crippen LogP contribution is -2.38. The van der Waals surface area contributed by atoms with E-state index in [1.54, 1.807) is 54.5 Å². The summed E-state index contributed by atoms with van der Waals surface area (Å²) in [5.41, 5.74) is 3.32. The fourth-order valence-electron chi connectivity index (χ4n) is 5.57. The van der Waals surface area contributed by atoms with Gasteiger partial charge in [0, 0.05) is 31.7 Å². The molecule has 2 aliphatic rings. The first-order valence-corrected chi connectivity index (χ1v) is 14.5. The molecule has 1 unspecified atom stereocenters. The molecule has 2 fully saturated rings. The minimum absolute atomic E-state index is 0.0390. The number of ketones is 1. The second-order valence-electron chi connectivity index (χ2n) is 10.7. The molecule has 2 saturated heterocycles. The van der Waals surface area contributed by atoms with Gasteiger partial charge in [-0.1, -0.05) is 30.3 Å². The lowest BCUT2D eigenvalue weighted by Gasteiger charge is -2.29. The zero-order valence-electron chi connectivity index (χ0n) is 24.9. The van der Waals surface area contributed by atoms with E-state index in [2.05, 4.69) is 4.90 Å². The standard InChI is InChI=1S/C34H38N2O7/c1-23-7-4-5-8-26(23)22-43-27-12-9-24(10-13-27)32(37)30-31(25-11-14-28(40-2)29(21-25)41-3)36(34(39)33(30)38)16-6-15-35-17-19-42-20-18-35/h4-5,7-14,21,31,37H,6,15-20,22H2,1-3H3. The van der Waals surface area contributed by atoms with E-state index < -0.39 is 17.7 Å². The van der Waals surface area contributed by atoms with Gasteiger partial charge in [-0.25, -0.2) is 0 Å². The van der Waals surface area contributed by atoms with Crippen LogP contribution in [0.2, 0.25) is 0 Å². The molecule has 1 N–H and O–H groups in total. The summed E-state index contributed by atoms with van der Waals surface area (Å²) >= 11 is 0. The Kier molecular flexibility index (Phi) is 9.64. The van der Waals surface area contributed by atoms with E-state index >= 15 is 0 Å². The fraction of sp³-hybridized carbons (Fsp3) is 0.353. The van der Waals surface area contributed by atoms with Crippen molar-refractivity contribution in [2.45, 2.75) is 26.0 Å². The Bertz CT molecular complexity index is 1480. The highest BCUT2D eigenvalue weighted by atomic mass is 16.5. The van der Waals surface area contributed by atoms with Crippen LogP contribution in [0.4, 0.5) is 0 Å². The quantitative estimate of drug-likeness (QED) is 0.196. The molecule has 9 nitrogen and oxygen atoms in total. The Hall–Kier alpha value is -4.34. The molecule has 0 aliphatic carbocycles. The minimum atomic E-state index is -0.790. The number of likely N-dealkylation sites (tertiary alicyclic amines) is 1. The van der Waals surface area contributed by atoms with Gasteiger partial charge in [0.25, 0.3) is 11.7 Å². The summed E-state index contributed by atoms with van der Waals surface area (Å²) in [7, 11) is 3.08. The van der Waals surface area contributed by atoms with Crippen LogP contribution in [0.1, 0.15) is 34.7 Å². The smallest absolute Gasteiger partial charge is 0.295 e. The molecular weight excluding hydrogens is 548 g/mol. The molecule has 3 aromatic carbocycles. The maximum absolute atomic E-state index is 13.5. The third-order valence-corrected chi connectivity index (χ3v) is 8.02. The highest BCUT2D eigenvalue weighted by molar-refractivity contribution is 6.46. The van der Waals surface area contributed by atoms with Gasteiger partial charge in [-0.15, -0.1) is 0 Å². The van der Waals surface area contributed by atoms with Gasteiger partial charge in [-0.2, -0.15) is 0 Å². The first kappa shape index (κ1) is 30.1. The number of hydrogen-bond acceptors (Lipinski definition) is 8. The van der Waals surface area contributed by atoms with Crippen LogP contribution in [0, 0.1) is 6.92 Å². The number of hydrogen-bond donors (Lipinski definition) is 1. The van der Waals surface area contributed by atoms with E-state index in [0.29, 0.717) is 61.2 Å². The third-order valence-electron chi connectivity index (χ3n) is 8.02. The molecule has 43 heavy (non-hydrogen) atoms. The number of carbonyl (C=O) groups excluding carboxylic acids is 2. The largest absolute Gasteiger partial charge is 0.507 e. The van der Waals surface area contributed by atoms with Crippen LogP contribution in [0.25, 0.3) is 5.76 Å². The Morgan fingerprint density at radius 3 is 2.35 bits per heavy atom. The number of Topliss-reactive ketones (excluding diaryl/α,β-unsaturated/α-hetero) is 1. The number of aliphatic hydroxyl groups excluding tert-OH is 1. The Morgan fingerprint density at radius 2 is 1.65 bits per heavy atom. The van der Waals surface area contributed by atoms with Crippen molar-refractivity contribution in [1.82, 2.24) is 9.80 Å². The van der Waals surface area contributed by atoms with Crippen LogP contribution in [0.3, 0.4) is 0 Å². The number of nitrogens with zero attached hydrogens (tertiary/aromatic N) is 2. The molecule has 0 spiro atoms. The van der Waals surface area contributed by atoms with E-state index in [1.165, 1.54) is 7.11 Å². The zero-order valence-corrected chi connectivity index (χ0v) is 24.9. The summed E-state index contributed by atoms with van der Waals surface area (Å²) in [6.07, 6.45) is 0.670. The summed E-state index contributed by atoms with van der Waals surface area (Å²) < 4.78 is 22.3. The number of aliphatic hydroxyl groups is 1. The highest BCUT2D eigenvalue weighted by Crippen LogP contribution is 2.42. The fourth-order valence-corrected chi connectivity index (χ4v) is 5.57. The first-order chi connectivity index (χ1) is 20.9. The summed E-state index contributed by atoms with van der Waals surface area (Å²) in [4.78, 5) is 30.8. The van der Waals surface area contributed by atoms with E-state index in [0.717, 1.165) is 30.8 Å². The normalized spacial score (nSPS) is 18.6. The lowest BCUT2D eigenvalue weighted by molar-refractivity contribution is -0.140. The van der Waals surface area contributed by atoms with Crippen LogP contribution in [-0.2, 0) is 20.9 Å². The van der Waals surface area contributed by atoms with Gasteiger partial charge in [-0.05, 0) is 66.4 Å². The molecule has 9 heteroatoms. The molecule has 1 atom stereocenters. The molecule has 3 aromatic rings. The molecule has 1 amide bonds. The number of carbonyl (C=O) groups is 2. The summed E-state index contributed by atoms with van der Waals surface area (Å²) in [6.45, 7) is 6.61. The highest BCUT2D eigenvalue weighted by Gasteiger charge is 2.46. The number of methoxy groups -OCH3 is 2. The summed E-state index contributed by atoms with van der Waals surface area (Å²) in [6, 6.07) is 19.4. The monoisotopic (exact) mass is 586 g/mol. The van der Waals surface area contributed by atoms with Gasteiger partial charge in [0.2, 0.25) is 0 Å². The molecule has 2 aliphatic heterocycles. The summed E-state index contributed by atoms with van der Waals surface area (Å²) in [5, 5.41) is 11.5. The second kappa shape index (κ2) is 13.8. The third kappa shape index (κ3) is 6.68. The van der Waals surface area contributed by atoms with Crippen LogP contribution in [0.15, 0.2) is 72.3 Å². The first-order valence-electron chi connectivity index (χ1n) is 14.5. The van der Waals surface area contributed by atoms with Crippen molar-refractivity contribution >= 4 is 17.4 Å². The number of ether oxygens (including phenoxy) is 4. The maximum Gasteiger partial charge on any atom is 0.295 e. The van der Waals surface area contributed by atoms with Crippen LogP contribution >= 0.6 is 0 Å². The van der Waals surface area contributed by atoms with Gasteiger partial charge in [0.15, 0.2) is 11.5 Å². The Labute approximate surface area is 252 Å². The molecule has 0 radical (unpaired) electrons.